The van der Waals surface area contributed by atoms with E-state index in [2.05, 4.69) is 35.8 Å². The van der Waals surface area contributed by atoms with Gasteiger partial charge in [0.15, 0.2) is 0 Å². The van der Waals surface area contributed by atoms with Gasteiger partial charge < -0.3 is 9.84 Å². The fourth-order valence-corrected chi connectivity index (χ4v) is 2.77. The van der Waals surface area contributed by atoms with Gasteiger partial charge in [-0.3, -0.25) is 0 Å². The minimum Gasteiger partial charge on any atom is -0.496 e. The lowest BCUT2D eigenvalue weighted by Gasteiger charge is -2.22. The van der Waals surface area contributed by atoms with Gasteiger partial charge in [0.2, 0.25) is 0 Å². The van der Waals surface area contributed by atoms with E-state index >= 15 is 0 Å². The van der Waals surface area contributed by atoms with Crippen molar-refractivity contribution >= 4 is 15.9 Å². The third-order valence-corrected chi connectivity index (χ3v) is 4.34. The molecule has 0 unspecified atom stereocenters. The van der Waals surface area contributed by atoms with Crippen molar-refractivity contribution in [2.45, 2.75) is 45.1 Å². The monoisotopic (exact) mass is 298 g/mol. The van der Waals surface area contributed by atoms with Gasteiger partial charge in [-0.05, 0) is 42.9 Å². The maximum atomic E-state index is 10.4. The van der Waals surface area contributed by atoms with E-state index in [-0.39, 0.29) is 0 Å². The molecule has 1 saturated carbocycles. The lowest BCUT2D eigenvalue weighted by atomic mass is 9.92. The summed E-state index contributed by atoms with van der Waals surface area (Å²) in [6.45, 7) is 6.31. The van der Waals surface area contributed by atoms with Crippen LogP contribution in [0.25, 0.3) is 0 Å². The Balaban J connectivity index is 2.70. The molecular weight excluding hydrogens is 280 g/mol. The van der Waals surface area contributed by atoms with E-state index in [1.54, 1.807) is 7.11 Å². The first-order valence-electron chi connectivity index (χ1n) is 6.00. The van der Waals surface area contributed by atoms with Gasteiger partial charge in [-0.2, -0.15) is 0 Å². The van der Waals surface area contributed by atoms with E-state index in [0.29, 0.717) is 5.92 Å². The van der Waals surface area contributed by atoms with Crippen molar-refractivity contribution in [2.75, 3.05) is 7.11 Å². The number of rotatable bonds is 3. The Kier molecular flexibility index (Phi) is 3.25. The third kappa shape index (κ3) is 2.11. The minimum atomic E-state index is -0.664. The summed E-state index contributed by atoms with van der Waals surface area (Å²) < 4.78 is 6.61. The predicted molar refractivity (Wildman–Crippen MR) is 72.7 cm³/mol. The van der Waals surface area contributed by atoms with Gasteiger partial charge in [-0.25, -0.2) is 0 Å². The molecule has 0 aromatic heterocycles. The molecule has 1 aromatic rings. The van der Waals surface area contributed by atoms with Crippen LogP contribution < -0.4 is 4.74 Å². The van der Waals surface area contributed by atoms with E-state index in [0.717, 1.165) is 39.8 Å². The van der Waals surface area contributed by atoms with Crippen LogP contribution in [0.5, 0.6) is 5.75 Å². The highest BCUT2D eigenvalue weighted by atomic mass is 79.9. The molecular formula is C14H19BrO2. The first-order valence-corrected chi connectivity index (χ1v) is 6.80. The number of ether oxygens (including phenoxy) is 1. The number of methoxy groups -OCH3 is 1. The Hall–Kier alpha value is -0.540. The summed E-state index contributed by atoms with van der Waals surface area (Å²) in [7, 11) is 1.68. The smallest absolute Gasteiger partial charge is 0.128 e. The summed E-state index contributed by atoms with van der Waals surface area (Å²) in [5.74, 6) is 1.24. The number of hydrogen-bond acceptors (Lipinski definition) is 2. The van der Waals surface area contributed by atoms with E-state index in [1.165, 1.54) is 0 Å². The van der Waals surface area contributed by atoms with Gasteiger partial charge in [-0.15, -0.1) is 0 Å². The van der Waals surface area contributed by atoms with Gasteiger partial charge in [0.05, 0.1) is 12.7 Å². The molecule has 3 heteroatoms. The first-order chi connectivity index (χ1) is 7.90. The maximum absolute atomic E-state index is 10.4. The fraction of sp³-hybridized carbons (Fsp3) is 0.571. The van der Waals surface area contributed by atoms with Crippen LogP contribution in [0, 0.1) is 6.92 Å². The van der Waals surface area contributed by atoms with Crippen molar-refractivity contribution < 1.29 is 9.84 Å². The zero-order chi connectivity index (χ0) is 12.8. The van der Waals surface area contributed by atoms with Crippen LogP contribution in [0.3, 0.4) is 0 Å². The van der Waals surface area contributed by atoms with Crippen molar-refractivity contribution in [3.63, 3.8) is 0 Å². The normalized spacial score (nSPS) is 17.4. The molecule has 0 saturated heterocycles. The number of halogens is 1. The quantitative estimate of drug-likeness (QED) is 0.918. The summed E-state index contributed by atoms with van der Waals surface area (Å²) >= 11 is 3.58. The molecule has 1 fully saturated rings. The molecule has 0 heterocycles. The van der Waals surface area contributed by atoms with Gasteiger partial charge in [-0.1, -0.05) is 29.8 Å². The van der Waals surface area contributed by atoms with Crippen LogP contribution in [0.2, 0.25) is 0 Å². The van der Waals surface area contributed by atoms with Crippen LogP contribution in [0.15, 0.2) is 10.5 Å². The standard InChI is InChI=1S/C14H19BrO2/c1-8(2)10-7-11(15)9(3)12(13(10)17-4)14(16)5-6-14/h7-8,16H,5-6H2,1-4H3. The summed E-state index contributed by atoms with van der Waals surface area (Å²) in [6.07, 6.45) is 1.66. The van der Waals surface area contributed by atoms with E-state index in [9.17, 15) is 5.11 Å². The van der Waals surface area contributed by atoms with Crippen molar-refractivity contribution in [3.05, 3.63) is 27.2 Å². The van der Waals surface area contributed by atoms with Crippen LogP contribution >= 0.6 is 15.9 Å². The second-order valence-corrected chi connectivity index (χ2v) is 6.02. The molecule has 1 N–H and O–H groups in total. The minimum absolute atomic E-state index is 0.378. The van der Waals surface area contributed by atoms with Gasteiger partial charge >= 0.3 is 0 Å². The van der Waals surface area contributed by atoms with Crippen molar-refractivity contribution in [2.24, 2.45) is 0 Å². The van der Waals surface area contributed by atoms with Gasteiger partial charge in [0.1, 0.15) is 5.75 Å². The molecule has 1 aromatic carbocycles. The molecule has 0 amide bonds. The Labute approximate surface area is 111 Å². The average molecular weight is 299 g/mol. The van der Waals surface area contributed by atoms with E-state index in [1.807, 2.05) is 6.92 Å². The van der Waals surface area contributed by atoms with E-state index in [4.69, 9.17) is 4.74 Å². The van der Waals surface area contributed by atoms with Gasteiger partial charge in [0, 0.05) is 10.0 Å². The number of aliphatic hydroxyl groups is 1. The fourth-order valence-electron chi connectivity index (χ4n) is 2.32. The average Bonchev–Trinajstić information content (AvgIpc) is 2.99. The maximum Gasteiger partial charge on any atom is 0.128 e. The molecule has 0 spiro atoms. The molecule has 0 radical (unpaired) electrons. The molecule has 0 aliphatic heterocycles. The predicted octanol–water partition coefficient (Wildman–Crippen LogP) is 3.87. The second kappa shape index (κ2) is 4.29. The molecule has 2 rings (SSSR count). The topological polar surface area (TPSA) is 29.5 Å². The molecule has 1 aliphatic rings. The Morgan fingerprint density at radius 2 is 2.00 bits per heavy atom. The van der Waals surface area contributed by atoms with Crippen molar-refractivity contribution in [3.8, 4) is 5.75 Å². The second-order valence-electron chi connectivity index (χ2n) is 5.17. The summed E-state index contributed by atoms with van der Waals surface area (Å²) in [4.78, 5) is 0. The van der Waals surface area contributed by atoms with E-state index < -0.39 is 5.60 Å². The third-order valence-electron chi connectivity index (χ3n) is 3.52. The Morgan fingerprint density at radius 1 is 1.41 bits per heavy atom. The largest absolute Gasteiger partial charge is 0.496 e. The Morgan fingerprint density at radius 3 is 2.41 bits per heavy atom. The van der Waals surface area contributed by atoms with Crippen molar-refractivity contribution in [1.82, 2.24) is 0 Å². The van der Waals surface area contributed by atoms with Crippen LogP contribution in [0.4, 0.5) is 0 Å². The lowest BCUT2D eigenvalue weighted by molar-refractivity contribution is 0.146. The highest BCUT2D eigenvalue weighted by Crippen LogP contribution is 2.53. The molecule has 1 aliphatic carbocycles. The molecule has 2 nitrogen and oxygen atoms in total. The molecule has 0 atom stereocenters. The summed E-state index contributed by atoms with van der Waals surface area (Å²) in [5, 5.41) is 10.4. The zero-order valence-corrected chi connectivity index (χ0v) is 12.4. The highest BCUT2D eigenvalue weighted by Gasteiger charge is 2.46. The van der Waals surface area contributed by atoms with Crippen molar-refractivity contribution in [1.29, 1.82) is 0 Å². The number of hydrogen-bond donors (Lipinski definition) is 1. The van der Waals surface area contributed by atoms with Crippen LogP contribution in [-0.4, -0.2) is 12.2 Å². The molecule has 17 heavy (non-hydrogen) atoms. The summed E-state index contributed by atoms with van der Waals surface area (Å²) in [6, 6.07) is 2.11. The molecule has 0 bridgehead atoms. The molecule has 94 valence electrons. The Bertz CT molecular complexity index is 448. The zero-order valence-electron chi connectivity index (χ0n) is 10.8. The highest BCUT2D eigenvalue weighted by molar-refractivity contribution is 9.10. The first kappa shape index (κ1) is 12.9. The lowest BCUT2D eigenvalue weighted by Crippen LogP contribution is -2.12. The summed E-state index contributed by atoms with van der Waals surface area (Å²) in [5.41, 5.74) is 2.55. The SMILES string of the molecule is COc1c(C(C)C)cc(Br)c(C)c1C1(O)CC1. The van der Waals surface area contributed by atoms with Crippen LogP contribution in [0.1, 0.15) is 49.3 Å². The number of benzene rings is 1. The van der Waals surface area contributed by atoms with Gasteiger partial charge in [0.25, 0.3) is 0 Å². The van der Waals surface area contributed by atoms with Crippen LogP contribution in [-0.2, 0) is 5.60 Å².